The molecule has 1 saturated heterocycles. The van der Waals surface area contributed by atoms with Gasteiger partial charge in [0.2, 0.25) is 5.91 Å². The van der Waals surface area contributed by atoms with Crippen molar-refractivity contribution in [3.05, 3.63) is 59.7 Å². The Morgan fingerprint density at radius 3 is 2.35 bits per heavy atom. The molecule has 1 aliphatic rings. The van der Waals surface area contributed by atoms with E-state index >= 15 is 0 Å². The number of nitrogens with zero attached hydrogens (tertiary/aromatic N) is 1. The second-order valence-corrected chi connectivity index (χ2v) is 5.99. The number of carbonyl (C=O) groups excluding carboxylic acids is 3. The highest BCUT2D eigenvalue weighted by molar-refractivity contribution is 6.22. The van der Waals surface area contributed by atoms with E-state index < -0.39 is 17.9 Å². The van der Waals surface area contributed by atoms with Crippen molar-refractivity contribution in [1.29, 1.82) is 0 Å². The molecular weight excluding hydrogens is 334 g/mol. The summed E-state index contributed by atoms with van der Waals surface area (Å²) in [7, 11) is 1.54. The molecule has 1 heterocycles. The van der Waals surface area contributed by atoms with Crippen molar-refractivity contribution in [2.24, 2.45) is 0 Å². The van der Waals surface area contributed by atoms with Gasteiger partial charge in [-0.3, -0.25) is 19.8 Å². The SMILES string of the molecule is COc1ccc(C(=O)NN[C@H]2CC(=O)N(c3ccc(C)cc3)C2=O)cc1. The molecule has 0 unspecified atom stereocenters. The van der Waals surface area contributed by atoms with Gasteiger partial charge in [0.25, 0.3) is 11.8 Å². The van der Waals surface area contributed by atoms with E-state index in [2.05, 4.69) is 10.9 Å². The zero-order valence-corrected chi connectivity index (χ0v) is 14.5. The van der Waals surface area contributed by atoms with Crippen LogP contribution in [-0.4, -0.2) is 30.9 Å². The monoisotopic (exact) mass is 353 g/mol. The summed E-state index contributed by atoms with van der Waals surface area (Å²) < 4.78 is 5.04. The minimum absolute atomic E-state index is 0.0183. The van der Waals surface area contributed by atoms with E-state index in [-0.39, 0.29) is 12.3 Å². The summed E-state index contributed by atoms with van der Waals surface area (Å²) in [5.41, 5.74) is 7.11. The number of nitrogens with one attached hydrogen (secondary N) is 2. The average Bonchev–Trinajstić information content (AvgIpc) is 2.94. The van der Waals surface area contributed by atoms with E-state index in [0.29, 0.717) is 17.0 Å². The maximum absolute atomic E-state index is 12.5. The lowest BCUT2D eigenvalue weighted by Gasteiger charge is -2.16. The van der Waals surface area contributed by atoms with Crippen LogP contribution in [0.2, 0.25) is 0 Å². The molecule has 1 fully saturated rings. The van der Waals surface area contributed by atoms with Crippen LogP contribution in [0.4, 0.5) is 5.69 Å². The molecule has 0 aliphatic carbocycles. The van der Waals surface area contributed by atoms with Crippen LogP contribution >= 0.6 is 0 Å². The lowest BCUT2D eigenvalue weighted by molar-refractivity contribution is -0.121. The Morgan fingerprint density at radius 2 is 1.73 bits per heavy atom. The van der Waals surface area contributed by atoms with E-state index in [1.54, 1.807) is 43.5 Å². The fraction of sp³-hybridized carbons (Fsp3) is 0.211. The number of hydrazine groups is 1. The first-order chi connectivity index (χ1) is 12.5. The number of rotatable bonds is 5. The fourth-order valence-electron chi connectivity index (χ4n) is 2.68. The van der Waals surface area contributed by atoms with Gasteiger partial charge in [-0.2, -0.15) is 0 Å². The summed E-state index contributed by atoms with van der Waals surface area (Å²) in [6, 6.07) is 12.9. The number of carbonyl (C=O) groups is 3. The number of benzene rings is 2. The standard InChI is InChI=1S/C19H19N3O4/c1-12-3-7-14(8-4-12)22-17(23)11-16(19(22)25)20-21-18(24)13-5-9-15(26-2)10-6-13/h3-10,16,20H,11H2,1-2H3,(H,21,24)/t16-/m0/s1. The van der Waals surface area contributed by atoms with Crippen LogP contribution in [0.5, 0.6) is 5.75 Å². The van der Waals surface area contributed by atoms with Gasteiger partial charge in [-0.05, 0) is 43.3 Å². The topological polar surface area (TPSA) is 87.7 Å². The fourth-order valence-corrected chi connectivity index (χ4v) is 2.68. The molecule has 0 spiro atoms. The third kappa shape index (κ3) is 3.57. The van der Waals surface area contributed by atoms with Crippen molar-refractivity contribution in [2.75, 3.05) is 12.0 Å². The molecule has 7 heteroatoms. The van der Waals surface area contributed by atoms with Gasteiger partial charge in [0, 0.05) is 5.56 Å². The molecule has 0 saturated carbocycles. The number of hydrogen-bond acceptors (Lipinski definition) is 5. The lowest BCUT2D eigenvalue weighted by atomic mass is 10.2. The molecule has 2 aromatic rings. The van der Waals surface area contributed by atoms with E-state index in [0.717, 1.165) is 10.5 Å². The molecule has 2 aromatic carbocycles. The van der Waals surface area contributed by atoms with Gasteiger partial charge >= 0.3 is 0 Å². The molecular formula is C19H19N3O4. The molecule has 26 heavy (non-hydrogen) atoms. The average molecular weight is 353 g/mol. The van der Waals surface area contributed by atoms with Gasteiger partial charge in [-0.25, -0.2) is 10.3 Å². The summed E-state index contributed by atoms with van der Waals surface area (Å²) in [4.78, 5) is 38.0. The molecule has 134 valence electrons. The smallest absolute Gasteiger partial charge is 0.265 e. The van der Waals surface area contributed by atoms with Crippen LogP contribution in [0, 0.1) is 6.92 Å². The normalized spacial score (nSPS) is 16.7. The van der Waals surface area contributed by atoms with Gasteiger partial charge in [0.1, 0.15) is 11.8 Å². The molecule has 2 N–H and O–H groups in total. The van der Waals surface area contributed by atoms with Crippen molar-refractivity contribution < 1.29 is 19.1 Å². The summed E-state index contributed by atoms with van der Waals surface area (Å²) >= 11 is 0. The van der Waals surface area contributed by atoms with Crippen molar-refractivity contribution >= 4 is 23.4 Å². The van der Waals surface area contributed by atoms with Gasteiger partial charge in [-0.15, -0.1) is 0 Å². The van der Waals surface area contributed by atoms with Gasteiger partial charge in [0.05, 0.1) is 19.2 Å². The van der Waals surface area contributed by atoms with Crippen LogP contribution < -0.4 is 20.5 Å². The molecule has 1 atom stereocenters. The zero-order valence-electron chi connectivity index (χ0n) is 14.5. The van der Waals surface area contributed by atoms with E-state index in [4.69, 9.17) is 4.74 Å². The maximum atomic E-state index is 12.5. The highest BCUT2D eigenvalue weighted by Gasteiger charge is 2.39. The Bertz CT molecular complexity index is 831. The Balaban J connectivity index is 1.63. The number of amides is 3. The van der Waals surface area contributed by atoms with Gasteiger partial charge < -0.3 is 4.74 Å². The van der Waals surface area contributed by atoms with Crippen molar-refractivity contribution in [1.82, 2.24) is 10.9 Å². The van der Waals surface area contributed by atoms with Crippen molar-refractivity contribution in [2.45, 2.75) is 19.4 Å². The Kier molecular flexibility index (Phi) is 4.99. The molecule has 0 bridgehead atoms. The molecule has 0 aromatic heterocycles. The molecule has 7 nitrogen and oxygen atoms in total. The highest BCUT2D eigenvalue weighted by Crippen LogP contribution is 2.23. The maximum Gasteiger partial charge on any atom is 0.265 e. The van der Waals surface area contributed by atoms with Gasteiger partial charge in [0.15, 0.2) is 0 Å². The number of hydrogen-bond donors (Lipinski definition) is 2. The number of ether oxygens (including phenoxy) is 1. The van der Waals surface area contributed by atoms with Crippen LogP contribution in [0.1, 0.15) is 22.3 Å². The first-order valence-corrected chi connectivity index (χ1v) is 8.13. The Morgan fingerprint density at radius 1 is 1.08 bits per heavy atom. The quantitative estimate of drug-likeness (QED) is 0.629. The lowest BCUT2D eigenvalue weighted by Crippen LogP contribution is -2.48. The Hall–Kier alpha value is -3.19. The van der Waals surface area contributed by atoms with Crippen LogP contribution in [0.25, 0.3) is 0 Å². The summed E-state index contributed by atoms with van der Waals surface area (Å²) in [6.07, 6.45) is -0.0183. The minimum atomic E-state index is -0.800. The molecule has 3 rings (SSSR count). The summed E-state index contributed by atoms with van der Waals surface area (Å²) in [5.74, 6) is -0.467. The summed E-state index contributed by atoms with van der Waals surface area (Å²) in [5, 5.41) is 0. The van der Waals surface area contributed by atoms with Crippen LogP contribution in [0.3, 0.4) is 0 Å². The number of aryl methyl sites for hydroxylation is 1. The predicted octanol–water partition coefficient (Wildman–Crippen LogP) is 1.57. The zero-order chi connectivity index (χ0) is 18.7. The predicted molar refractivity (Wildman–Crippen MR) is 95.7 cm³/mol. The van der Waals surface area contributed by atoms with Crippen LogP contribution in [0.15, 0.2) is 48.5 Å². The first-order valence-electron chi connectivity index (χ1n) is 8.13. The third-order valence-electron chi connectivity index (χ3n) is 4.15. The number of imide groups is 1. The van der Waals surface area contributed by atoms with E-state index in [9.17, 15) is 14.4 Å². The van der Waals surface area contributed by atoms with E-state index in [1.807, 2.05) is 19.1 Å². The largest absolute Gasteiger partial charge is 0.497 e. The van der Waals surface area contributed by atoms with Crippen molar-refractivity contribution in [3.63, 3.8) is 0 Å². The molecule has 0 radical (unpaired) electrons. The van der Waals surface area contributed by atoms with Crippen LogP contribution in [-0.2, 0) is 9.59 Å². The Labute approximate surface area is 150 Å². The van der Waals surface area contributed by atoms with Crippen molar-refractivity contribution in [3.8, 4) is 5.75 Å². The third-order valence-corrected chi connectivity index (χ3v) is 4.15. The van der Waals surface area contributed by atoms with E-state index in [1.165, 1.54) is 0 Å². The second-order valence-electron chi connectivity index (χ2n) is 5.99. The minimum Gasteiger partial charge on any atom is -0.497 e. The number of methoxy groups -OCH3 is 1. The highest BCUT2D eigenvalue weighted by atomic mass is 16.5. The van der Waals surface area contributed by atoms with Gasteiger partial charge in [-0.1, -0.05) is 17.7 Å². The molecule has 1 aliphatic heterocycles. The first kappa shape index (κ1) is 17.6. The second kappa shape index (κ2) is 7.37. The number of anilines is 1. The molecule has 3 amide bonds. The summed E-state index contributed by atoms with van der Waals surface area (Å²) in [6.45, 7) is 1.93.